The van der Waals surface area contributed by atoms with E-state index in [0.29, 0.717) is 12.8 Å². The highest BCUT2D eigenvalue weighted by Crippen LogP contribution is 2.40. The molecule has 2 rings (SSSR count). The van der Waals surface area contributed by atoms with Gasteiger partial charge in [0.25, 0.3) is 0 Å². The van der Waals surface area contributed by atoms with Gasteiger partial charge in [0.15, 0.2) is 0 Å². The van der Waals surface area contributed by atoms with E-state index in [4.69, 9.17) is 0 Å². The maximum absolute atomic E-state index is 13.0. The van der Waals surface area contributed by atoms with Crippen molar-refractivity contribution in [3.8, 4) is 0 Å². The van der Waals surface area contributed by atoms with E-state index in [1.54, 1.807) is 0 Å². The average Bonchev–Trinajstić information content (AvgIpc) is 2.83. The molecule has 19 heavy (non-hydrogen) atoms. The molecule has 4 heteroatoms. The lowest BCUT2D eigenvalue weighted by Gasteiger charge is -2.53. The van der Waals surface area contributed by atoms with Crippen molar-refractivity contribution in [2.75, 3.05) is 0 Å². The van der Waals surface area contributed by atoms with Crippen molar-refractivity contribution in [3.05, 3.63) is 0 Å². The number of hydrogen-bond acceptors (Lipinski definition) is 2. The van der Waals surface area contributed by atoms with Gasteiger partial charge in [0.2, 0.25) is 11.8 Å². The molecule has 1 N–H and O–H groups in total. The number of carbonyl (C=O) groups is 2. The quantitative estimate of drug-likeness (QED) is 0.851. The summed E-state index contributed by atoms with van der Waals surface area (Å²) in [5.41, 5.74) is -1.26. The summed E-state index contributed by atoms with van der Waals surface area (Å²) >= 11 is 0. The van der Waals surface area contributed by atoms with E-state index in [1.807, 2.05) is 32.6 Å². The Kier molecular flexibility index (Phi) is 3.63. The first-order valence-electron chi connectivity index (χ1n) is 7.60. The highest BCUT2D eigenvalue weighted by Gasteiger charge is 2.58. The standard InChI is InChI=1S/C15H26N2O2/c1-5-15(6-2)12(18)16-14(9-7-8-10-14)13(19)17(15)11(3)4/h11H,5-10H2,1-4H3,(H,16,18). The smallest absolute Gasteiger partial charge is 0.249 e. The number of nitrogens with one attached hydrogen (secondary N) is 1. The van der Waals surface area contributed by atoms with Gasteiger partial charge in [0.1, 0.15) is 11.1 Å². The van der Waals surface area contributed by atoms with Crippen LogP contribution in [-0.4, -0.2) is 33.8 Å². The van der Waals surface area contributed by atoms with Gasteiger partial charge in [0.05, 0.1) is 0 Å². The third-order valence-corrected chi connectivity index (χ3v) is 5.01. The summed E-state index contributed by atoms with van der Waals surface area (Å²) in [7, 11) is 0. The van der Waals surface area contributed by atoms with Crippen molar-refractivity contribution in [1.29, 1.82) is 0 Å². The highest BCUT2D eigenvalue weighted by molar-refractivity contribution is 6.02. The molecule has 2 aliphatic rings. The van der Waals surface area contributed by atoms with E-state index >= 15 is 0 Å². The third kappa shape index (κ3) is 1.87. The average molecular weight is 266 g/mol. The molecule has 108 valence electrons. The van der Waals surface area contributed by atoms with E-state index in [9.17, 15) is 9.59 Å². The zero-order chi connectivity index (χ0) is 14.3. The van der Waals surface area contributed by atoms with Gasteiger partial charge in [0, 0.05) is 6.04 Å². The van der Waals surface area contributed by atoms with Crippen LogP contribution in [0.2, 0.25) is 0 Å². The van der Waals surface area contributed by atoms with Gasteiger partial charge >= 0.3 is 0 Å². The largest absolute Gasteiger partial charge is 0.340 e. The Balaban J connectivity index is 2.46. The van der Waals surface area contributed by atoms with Crippen LogP contribution < -0.4 is 5.32 Å². The van der Waals surface area contributed by atoms with Crippen molar-refractivity contribution in [2.24, 2.45) is 0 Å². The van der Waals surface area contributed by atoms with Gasteiger partial charge in [-0.15, -0.1) is 0 Å². The van der Waals surface area contributed by atoms with Crippen LogP contribution in [0.1, 0.15) is 66.2 Å². The lowest BCUT2D eigenvalue weighted by Crippen LogP contribution is -2.76. The van der Waals surface area contributed by atoms with Crippen LogP contribution in [0.3, 0.4) is 0 Å². The fourth-order valence-electron chi connectivity index (χ4n) is 3.88. The predicted molar refractivity (Wildman–Crippen MR) is 74.6 cm³/mol. The normalized spacial score (nSPS) is 25.2. The Bertz CT molecular complexity index is 380. The maximum Gasteiger partial charge on any atom is 0.249 e. The first kappa shape index (κ1) is 14.4. The third-order valence-electron chi connectivity index (χ3n) is 5.01. The predicted octanol–water partition coefficient (Wildman–Crippen LogP) is 2.22. The second-order valence-corrected chi connectivity index (χ2v) is 6.25. The fraction of sp³-hybridized carbons (Fsp3) is 0.867. The molecular formula is C15H26N2O2. The van der Waals surface area contributed by atoms with Crippen molar-refractivity contribution in [3.63, 3.8) is 0 Å². The van der Waals surface area contributed by atoms with E-state index in [-0.39, 0.29) is 17.9 Å². The highest BCUT2D eigenvalue weighted by atomic mass is 16.2. The molecular weight excluding hydrogens is 240 g/mol. The molecule has 1 saturated carbocycles. The molecule has 0 bridgehead atoms. The van der Waals surface area contributed by atoms with E-state index in [0.717, 1.165) is 25.7 Å². The van der Waals surface area contributed by atoms with Gasteiger partial charge in [-0.3, -0.25) is 9.59 Å². The summed E-state index contributed by atoms with van der Waals surface area (Å²) in [6.45, 7) is 8.02. The van der Waals surface area contributed by atoms with Crippen LogP contribution in [0.25, 0.3) is 0 Å². The maximum atomic E-state index is 13.0. The fourth-order valence-corrected chi connectivity index (χ4v) is 3.88. The molecule has 2 amide bonds. The van der Waals surface area contributed by atoms with Crippen molar-refractivity contribution in [1.82, 2.24) is 10.2 Å². The summed E-state index contributed by atoms with van der Waals surface area (Å²) in [6, 6.07) is 0.0657. The summed E-state index contributed by atoms with van der Waals surface area (Å²) in [4.78, 5) is 27.5. The second kappa shape index (κ2) is 4.80. The first-order chi connectivity index (χ1) is 8.93. The summed E-state index contributed by atoms with van der Waals surface area (Å²) < 4.78 is 0. The van der Waals surface area contributed by atoms with Gasteiger partial charge in [-0.05, 0) is 39.5 Å². The zero-order valence-corrected chi connectivity index (χ0v) is 12.6. The molecule has 0 aromatic carbocycles. The Morgan fingerprint density at radius 3 is 2.11 bits per heavy atom. The first-order valence-corrected chi connectivity index (χ1v) is 7.60. The minimum atomic E-state index is -0.654. The van der Waals surface area contributed by atoms with E-state index < -0.39 is 11.1 Å². The van der Waals surface area contributed by atoms with Crippen LogP contribution >= 0.6 is 0 Å². The molecule has 1 heterocycles. The van der Waals surface area contributed by atoms with Gasteiger partial charge in [-0.1, -0.05) is 26.7 Å². The lowest BCUT2D eigenvalue weighted by molar-refractivity contribution is -0.166. The van der Waals surface area contributed by atoms with Gasteiger partial charge in [-0.25, -0.2) is 0 Å². The lowest BCUT2D eigenvalue weighted by atomic mass is 9.80. The molecule has 1 spiro atoms. The van der Waals surface area contributed by atoms with Crippen molar-refractivity contribution in [2.45, 2.75) is 83.3 Å². The molecule has 0 aromatic rings. The molecule has 1 saturated heterocycles. The number of hydrogen-bond donors (Lipinski definition) is 1. The number of amides is 2. The van der Waals surface area contributed by atoms with Crippen molar-refractivity contribution < 1.29 is 9.59 Å². The Morgan fingerprint density at radius 2 is 1.68 bits per heavy atom. The number of rotatable bonds is 3. The second-order valence-electron chi connectivity index (χ2n) is 6.25. The van der Waals surface area contributed by atoms with Crippen LogP contribution in [-0.2, 0) is 9.59 Å². The zero-order valence-electron chi connectivity index (χ0n) is 12.6. The van der Waals surface area contributed by atoms with Gasteiger partial charge < -0.3 is 10.2 Å². The van der Waals surface area contributed by atoms with Crippen LogP contribution in [0, 0.1) is 0 Å². The SMILES string of the molecule is CCC1(CC)C(=O)NC2(CCCC2)C(=O)N1C(C)C. The molecule has 4 nitrogen and oxygen atoms in total. The summed E-state index contributed by atoms with van der Waals surface area (Å²) in [6.07, 6.45) is 5.01. The Hall–Kier alpha value is -1.06. The molecule has 0 radical (unpaired) electrons. The molecule has 2 fully saturated rings. The number of piperazine rings is 1. The molecule has 1 aliphatic heterocycles. The van der Waals surface area contributed by atoms with Crippen LogP contribution in [0.4, 0.5) is 0 Å². The number of nitrogens with zero attached hydrogens (tertiary/aromatic N) is 1. The summed E-state index contributed by atoms with van der Waals surface area (Å²) in [5, 5.41) is 3.09. The van der Waals surface area contributed by atoms with Crippen LogP contribution in [0.5, 0.6) is 0 Å². The molecule has 0 unspecified atom stereocenters. The molecule has 0 atom stereocenters. The Labute approximate surface area is 115 Å². The molecule has 0 aromatic heterocycles. The van der Waals surface area contributed by atoms with Gasteiger partial charge in [-0.2, -0.15) is 0 Å². The topological polar surface area (TPSA) is 49.4 Å². The van der Waals surface area contributed by atoms with E-state index in [2.05, 4.69) is 5.32 Å². The van der Waals surface area contributed by atoms with Crippen LogP contribution in [0.15, 0.2) is 0 Å². The monoisotopic (exact) mass is 266 g/mol. The summed E-state index contributed by atoms with van der Waals surface area (Å²) in [5.74, 6) is 0.191. The minimum absolute atomic E-state index is 0.0488. The minimum Gasteiger partial charge on any atom is -0.340 e. The Morgan fingerprint density at radius 1 is 1.16 bits per heavy atom. The number of carbonyl (C=O) groups excluding carboxylic acids is 2. The molecule has 1 aliphatic carbocycles. The van der Waals surface area contributed by atoms with E-state index in [1.165, 1.54) is 0 Å². The van der Waals surface area contributed by atoms with Crippen molar-refractivity contribution >= 4 is 11.8 Å².